The van der Waals surface area contributed by atoms with E-state index in [1.54, 1.807) is 65.8 Å². The predicted octanol–water partition coefficient (Wildman–Crippen LogP) is 7.74. The number of rotatable bonds is 7. The smallest absolute Gasteiger partial charge is 0.443 e. The highest BCUT2D eigenvalue weighted by atomic mass is 35.5. The minimum Gasteiger partial charge on any atom is -0.443 e. The predicted molar refractivity (Wildman–Crippen MR) is 151 cm³/mol. The zero-order valence-electron chi connectivity index (χ0n) is 23.9. The molecule has 1 heterocycles. The average Bonchev–Trinajstić information content (AvgIpc) is 3.09. The average molecular weight is 574 g/mol. The van der Waals surface area contributed by atoms with E-state index in [0.717, 1.165) is 10.5 Å². The van der Waals surface area contributed by atoms with Crippen molar-refractivity contribution in [3.8, 4) is 11.1 Å². The molecular weight excluding hydrogens is 537 g/mol. The van der Waals surface area contributed by atoms with Crippen molar-refractivity contribution in [2.24, 2.45) is 5.41 Å². The number of hydrogen-bond donors (Lipinski definition) is 0. The Morgan fingerprint density at radius 2 is 1.70 bits per heavy atom. The van der Waals surface area contributed by atoms with Gasteiger partial charge in [0.25, 0.3) is 0 Å². The first-order valence-electron chi connectivity index (χ1n) is 13.1. The summed E-state index contributed by atoms with van der Waals surface area (Å²) in [5.41, 5.74) is -0.990. The van der Waals surface area contributed by atoms with Crippen LogP contribution in [0.5, 0.6) is 0 Å². The molecule has 0 spiro atoms. The molecule has 0 N–H and O–H groups in total. The fourth-order valence-corrected chi connectivity index (χ4v) is 4.84. The number of carbonyl (C=O) groups is 3. The van der Waals surface area contributed by atoms with Gasteiger partial charge in [0.05, 0.1) is 5.41 Å². The number of carbonyl (C=O) groups excluding carboxylic acids is 3. The second kappa shape index (κ2) is 12.0. The van der Waals surface area contributed by atoms with Gasteiger partial charge in [-0.05, 0) is 90.1 Å². The molecule has 9 heteroatoms. The van der Waals surface area contributed by atoms with Crippen molar-refractivity contribution in [1.82, 2.24) is 4.90 Å². The second-order valence-electron chi connectivity index (χ2n) is 12.1. The Morgan fingerprint density at radius 3 is 2.27 bits per heavy atom. The first kappa shape index (κ1) is 31.1. The Morgan fingerprint density at radius 1 is 1.07 bits per heavy atom. The molecule has 1 fully saturated rings. The molecule has 3 rings (SSSR count). The van der Waals surface area contributed by atoms with E-state index in [1.165, 1.54) is 12.1 Å². The van der Waals surface area contributed by atoms with Gasteiger partial charge >= 0.3 is 12.2 Å². The van der Waals surface area contributed by atoms with Crippen molar-refractivity contribution in [2.45, 2.75) is 78.0 Å². The summed E-state index contributed by atoms with van der Waals surface area (Å²) in [7, 11) is 0. The molecule has 2 aromatic rings. The summed E-state index contributed by atoms with van der Waals surface area (Å²) in [4.78, 5) is 40.6. The second-order valence-corrected chi connectivity index (χ2v) is 12.5. The molecule has 216 valence electrons. The Kier molecular flexibility index (Phi) is 9.35. The van der Waals surface area contributed by atoms with Crippen LogP contribution in [-0.4, -0.2) is 46.9 Å². The lowest BCUT2D eigenvalue weighted by Gasteiger charge is -2.28. The standard InChI is InChI=1S/C31H37ClFNO6/c1-8-15-31(19-38-28(37)40-30(5,6)7)18-23(34(26(31)35)27(36)39-29(2,3)4)16-20-9-11-21(12-10-20)24-17-22(32)13-14-25(24)33/h8-14,17,23H,1,15-16,18-19H2,2-7H3/t23-,31?/m1/s1. The maximum Gasteiger partial charge on any atom is 0.508 e. The molecule has 2 aromatic carbocycles. The lowest BCUT2D eigenvalue weighted by Crippen LogP contribution is -2.45. The molecule has 1 aliphatic rings. The summed E-state index contributed by atoms with van der Waals surface area (Å²) in [5, 5.41) is 0.421. The zero-order valence-corrected chi connectivity index (χ0v) is 24.6. The molecule has 7 nitrogen and oxygen atoms in total. The highest BCUT2D eigenvalue weighted by molar-refractivity contribution is 6.30. The third-order valence-electron chi connectivity index (χ3n) is 6.31. The van der Waals surface area contributed by atoms with Crippen molar-refractivity contribution in [1.29, 1.82) is 0 Å². The zero-order chi connectivity index (χ0) is 29.9. The van der Waals surface area contributed by atoms with Gasteiger partial charge in [-0.25, -0.2) is 18.9 Å². The quantitative estimate of drug-likeness (QED) is 0.249. The molecule has 2 atom stereocenters. The third kappa shape index (κ3) is 7.84. The SMILES string of the molecule is C=CCC1(COC(=O)OC(C)(C)C)C[C@@H](Cc2ccc(-c3cc(Cl)ccc3F)cc2)N(C(=O)OC(C)(C)C)C1=O. The van der Waals surface area contributed by atoms with Crippen LogP contribution in [0.25, 0.3) is 11.1 Å². The van der Waals surface area contributed by atoms with Gasteiger partial charge in [-0.15, -0.1) is 6.58 Å². The van der Waals surface area contributed by atoms with Gasteiger partial charge in [0.15, 0.2) is 0 Å². The largest absolute Gasteiger partial charge is 0.508 e. The Hall–Kier alpha value is -3.39. The number of amides is 2. The van der Waals surface area contributed by atoms with Crippen molar-refractivity contribution < 1.29 is 33.0 Å². The van der Waals surface area contributed by atoms with Crippen LogP contribution in [0, 0.1) is 11.2 Å². The van der Waals surface area contributed by atoms with Crippen LogP contribution in [0.1, 0.15) is 59.9 Å². The van der Waals surface area contributed by atoms with E-state index in [2.05, 4.69) is 6.58 Å². The van der Waals surface area contributed by atoms with E-state index < -0.39 is 46.6 Å². The molecule has 2 amide bonds. The van der Waals surface area contributed by atoms with Crippen LogP contribution in [0.2, 0.25) is 5.02 Å². The minimum absolute atomic E-state index is 0.178. The van der Waals surface area contributed by atoms with E-state index >= 15 is 0 Å². The summed E-state index contributed by atoms with van der Waals surface area (Å²) < 4.78 is 30.6. The van der Waals surface area contributed by atoms with Gasteiger partial charge in [-0.2, -0.15) is 0 Å². The summed E-state index contributed by atoms with van der Waals surface area (Å²) in [6.07, 6.45) is 0.597. The van der Waals surface area contributed by atoms with E-state index in [9.17, 15) is 18.8 Å². The number of halogens is 2. The molecule has 1 unspecified atom stereocenters. The first-order valence-corrected chi connectivity index (χ1v) is 13.5. The lowest BCUT2D eigenvalue weighted by atomic mass is 9.81. The molecular formula is C31H37ClFNO6. The van der Waals surface area contributed by atoms with Crippen LogP contribution >= 0.6 is 11.6 Å². The van der Waals surface area contributed by atoms with E-state index in [-0.39, 0.29) is 19.4 Å². The molecule has 0 radical (unpaired) electrons. The Balaban J connectivity index is 1.90. The van der Waals surface area contributed by atoms with Gasteiger partial charge in [0.2, 0.25) is 5.91 Å². The topological polar surface area (TPSA) is 82.1 Å². The summed E-state index contributed by atoms with van der Waals surface area (Å²) in [6.45, 7) is 13.8. The van der Waals surface area contributed by atoms with Crippen LogP contribution in [-0.2, 0) is 25.4 Å². The van der Waals surface area contributed by atoms with Crippen molar-refractivity contribution in [3.63, 3.8) is 0 Å². The molecule has 0 bridgehead atoms. The number of ether oxygens (including phenoxy) is 3. The highest BCUT2D eigenvalue weighted by Gasteiger charge is 2.55. The number of hydrogen-bond acceptors (Lipinski definition) is 6. The van der Waals surface area contributed by atoms with Gasteiger partial charge < -0.3 is 14.2 Å². The number of likely N-dealkylation sites (tertiary alicyclic amines) is 1. The lowest BCUT2D eigenvalue weighted by molar-refractivity contribution is -0.138. The maximum atomic E-state index is 14.4. The normalized spacial score (nSPS) is 19.4. The van der Waals surface area contributed by atoms with Gasteiger partial charge in [-0.1, -0.05) is 41.9 Å². The van der Waals surface area contributed by atoms with Crippen LogP contribution in [0.15, 0.2) is 55.1 Å². The van der Waals surface area contributed by atoms with Gasteiger partial charge in [0, 0.05) is 16.6 Å². The number of imide groups is 1. The van der Waals surface area contributed by atoms with Crippen molar-refractivity contribution in [3.05, 3.63) is 71.5 Å². The van der Waals surface area contributed by atoms with E-state index in [1.807, 2.05) is 12.1 Å². The van der Waals surface area contributed by atoms with Gasteiger partial charge in [0.1, 0.15) is 23.6 Å². The van der Waals surface area contributed by atoms with Crippen molar-refractivity contribution in [2.75, 3.05) is 6.61 Å². The molecule has 1 aliphatic heterocycles. The first-order chi connectivity index (χ1) is 18.5. The number of nitrogens with zero attached hydrogens (tertiary/aromatic N) is 1. The molecule has 40 heavy (non-hydrogen) atoms. The number of benzene rings is 2. The van der Waals surface area contributed by atoms with E-state index in [0.29, 0.717) is 22.6 Å². The van der Waals surface area contributed by atoms with Crippen LogP contribution in [0.4, 0.5) is 14.0 Å². The molecule has 1 saturated heterocycles. The number of allylic oxidation sites excluding steroid dienone is 1. The van der Waals surface area contributed by atoms with E-state index in [4.69, 9.17) is 25.8 Å². The molecule has 0 saturated carbocycles. The Bertz CT molecular complexity index is 1260. The summed E-state index contributed by atoms with van der Waals surface area (Å²) in [5.74, 6) is -0.901. The monoisotopic (exact) mass is 573 g/mol. The fraction of sp³-hybridized carbons (Fsp3) is 0.452. The van der Waals surface area contributed by atoms with Gasteiger partial charge in [-0.3, -0.25) is 4.79 Å². The maximum absolute atomic E-state index is 14.4. The minimum atomic E-state index is -1.22. The highest BCUT2D eigenvalue weighted by Crippen LogP contribution is 2.42. The van der Waals surface area contributed by atoms with Crippen LogP contribution < -0.4 is 0 Å². The van der Waals surface area contributed by atoms with Crippen LogP contribution in [0.3, 0.4) is 0 Å². The third-order valence-corrected chi connectivity index (χ3v) is 6.54. The fourth-order valence-electron chi connectivity index (χ4n) is 4.67. The molecule has 0 aliphatic carbocycles. The molecule has 0 aromatic heterocycles. The summed E-state index contributed by atoms with van der Waals surface area (Å²) in [6, 6.07) is 10.9. The Labute approximate surface area is 240 Å². The summed E-state index contributed by atoms with van der Waals surface area (Å²) >= 11 is 6.05. The van der Waals surface area contributed by atoms with Crippen molar-refractivity contribution >= 4 is 29.8 Å².